The summed E-state index contributed by atoms with van der Waals surface area (Å²) in [7, 11) is 1.38. The minimum Gasteiger partial charge on any atom is -0.465 e. The van der Waals surface area contributed by atoms with Gasteiger partial charge in [-0.3, -0.25) is 0 Å². The number of esters is 1. The Hall–Kier alpha value is -2.21. The summed E-state index contributed by atoms with van der Waals surface area (Å²) < 4.78 is 9.39. The Morgan fingerprint density at radius 1 is 1.42 bits per heavy atom. The fourth-order valence-electron chi connectivity index (χ4n) is 1.71. The highest BCUT2D eigenvalue weighted by Crippen LogP contribution is 2.09. The number of hydrogen-bond donors (Lipinski definition) is 1. The normalized spacial score (nSPS) is 10.4. The topological polar surface area (TPSA) is 77.2 Å². The molecule has 0 aliphatic rings. The van der Waals surface area contributed by atoms with Gasteiger partial charge in [0, 0.05) is 19.5 Å². The van der Waals surface area contributed by atoms with E-state index < -0.39 is 0 Å². The zero-order valence-electron chi connectivity index (χ0n) is 10.6. The molecule has 0 atom stereocenters. The van der Waals surface area contributed by atoms with Crippen LogP contribution < -0.4 is 5.32 Å². The Kier molecular flexibility index (Phi) is 4.63. The lowest BCUT2D eigenvalue weighted by atomic mass is 10.1. The van der Waals surface area contributed by atoms with Gasteiger partial charge in [0.05, 0.1) is 12.7 Å². The number of benzene rings is 1. The van der Waals surface area contributed by atoms with E-state index in [-0.39, 0.29) is 5.97 Å². The third kappa shape index (κ3) is 3.62. The molecule has 6 heteroatoms. The van der Waals surface area contributed by atoms with Gasteiger partial charge in [0.15, 0.2) is 5.82 Å². The van der Waals surface area contributed by atoms with Crippen LogP contribution in [0.15, 0.2) is 35.2 Å². The van der Waals surface area contributed by atoms with E-state index in [1.165, 1.54) is 13.5 Å². The van der Waals surface area contributed by atoms with Gasteiger partial charge >= 0.3 is 5.97 Å². The number of hydrogen-bond acceptors (Lipinski definition) is 6. The van der Waals surface area contributed by atoms with Gasteiger partial charge < -0.3 is 14.6 Å². The van der Waals surface area contributed by atoms with Crippen molar-refractivity contribution in [1.82, 2.24) is 15.5 Å². The van der Waals surface area contributed by atoms with E-state index in [0.717, 1.165) is 5.56 Å². The number of nitrogens with one attached hydrogen (secondary N) is 1. The maximum Gasteiger partial charge on any atom is 0.338 e. The van der Waals surface area contributed by atoms with Crippen LogP contribution in [0.3, 0.4) is 0 Å². The Morgan fingerprint density at radius 2 is 2.26 bits per heavy atom. The smallest absolute Gasteiger partial charge is 0.338 e. The Morgan fingerprint density at radius 3 is 3.00 bits per heavy atom. The molecule has 0 saturated heterocycles. The lowest BCUT2D eigenvalue weighted by Gasteiger charge is -2.08. The number of nitrogens with zero attached hydrogens (tertiary/aromatic N) is 2. The summed E-state index contributed by atoms with van der Waals surface area (Å²) in [5.41, 5.74) is 1.49. The first kappa shape index (κ1) is 13.2. The van der Waals surface area contributed by atoms with E-state index >= 15 is 0 Å². The number of carbonyl (C=O) groups is 1. The zero-order valence-corrected chi connectivity index (χ0v) is 10.6. The largest absolute Gasteiger partial charge is 0.465 e. The SMILES string of the molecule is COC(=O)c1ccccc1CNCCc1ncon1. The number of rotatable bonds is 6. The van der Waals surface area contributed by atoms with Gasteiger partial charge in [0.1, 0.15) is 0 Å². The molecule has 6 nitrogen and oxygen atoms in total. The van der Waals surface area contributed by atoms with Gasteiger partial charge in [-0.15, -0.1) is 0 Å². The predicted molar refractivity (Wildman–Crippen MR) is 67.5 cm³/mol. The van der Waals surface area contributed by atoms with Crippen molar-refractivity contribution in [1.29, 1.82) is 0 Å². The minimum atomic E-state index is -0.324. The molecule has 0 aliphatic carbocycles. The summed E-state index contributed by atoms with van der Waals surface area (Å²) in [6.45, 7) is 1.29. The average molecular weight is 261 g/mol. The zero-order chi connectivity index (χ0) is 13.5. The highest BCUT2D eigenvalue weighted by molar-refractivity contribution is 5.90. The van der Waals surface area contributed by atoms with Crippen LogP contribution in [0.25, 0.3) is 0 Å². The van der Waals surface area contributed by atoms with E-state index in [1.54, 1.807) is 6.07 Å². The fraction of sp³-hybridized carbons (Fsp3) is 0.308. The average Bonchev–Trinajstić information content (AvgIpc) is 2.96. The molecule has 1 N–H and O–H groups in total. The molecule has 0 spiro atoms. The molecular formula is C13H15N3O3. The lowest BCUT2D eigenvalue weighted by molar-refractivity contribution is 0.0599. The molecule has 2 rings (SSSR count). The monoisotopic (exact) mass is 261 g/mol. The second kappa shape index (κ2) is 6.65. The molecule has 2 aromatic rings. The van der Waals surface area contributed by atoms with E-state index in [1.807, 2.05) is 18.2 Å². The fourth-order valence-corrected chi connectivity index (χ4v) is 1.71. The lowest BCUT2D eigenvalue weighted by Crippen LogP contribution is -2.19. The van der Waals surface area contributed by atoms with Crippen molar-refractivity contribution in [3.05, 3.63) is 47.6 Å². The third-order valence-corrected chi connectivity index (χ3v) is 2.67. The van der Waals surface area contributed by atoms with Gasteiger partial charge in [-0.05, 0) is 11.6 Å². The van der Waals surface area contributed by atoms with E-state index in [4.69, 9.17) is 4.74 Å². The van der Waals surface area contributed by atoms with Crippen LogP contribution in [-0.2, 0) is 17.7 Å². The highest BCUT2D eigenvalue weighted by Gasteiger charge is 2.10. The summed E-state index contributed by atoms with van der Waals surface area (Å²) >= 11 is 0. The number of ether oxygens (including phenoxy) is 1. The van der Waals surface area contributed by atoms with E-state index in [9.17, 15) is 4.79 Å². The Bertz CT molecular complexity index is 526. The maximum absolute atomic E-state index is 11.6. The molecule has 0 aliphatic heterocycles. The summed E-state index contributed by atoms with van der Waals surface area (Å²) in [6.07, 6.45) is 1.98. The van der Waals surface area contributed by atoms with Crippen molar-refractivity contribution in [2.24, 2.45) is 0 Å². The van der Waals surface area contributed by atoms with E-state index in [0.29, 0.717) is 30.9 Å². The van der Waals surface area contributed by atoms with Crippen LogP contribution >= 0.6 is 0 Å². The minimum absolute atomic E-state index is 0.324. The van der Waals surface area contributed by atoms with Crippen molar-refractivity contribution in [2.45, 2.75) is 13.0 Å². The summed E-state index contributed by atoms with van der Waals surface area (Å²) in [6, 6.07) is 7.35. The molecule has 0 radical (unpaired) electrons. The van der Waals surface area contributed by atoms with Crippen LogP contribution in [0.4, 0.5) is 0 Å². The second-order valence-corrected chi connectivity index (χ2v) is 3.92. The molecule has 0 unspecified atom stereocenters. The summed E-state index contributed by atoms with van der Waals surface area (Å²) in [5.74, 6) is 0.337. The van der Waals surface area contributed by atoms with Gasteiger partial charge in [0.2, 0.25) is 6.39 Å². The maximum atomic E-state index is 11.6. The molecule has 0 amide bonds. The van der Waals surface area contributed by atoms with Gasteiger partial charge in [0.25, 0.3) is 0 Å². The van der Waals surface area contributed by atoms with Crippen LogP contribution in [0.2, 0.25) is 0 Å². The van der Waals surface area contributed by atoms with Gasteiger partial charge in [-0.25, -0.2) is 4.79 Å². The first-order valence-electron chi connectivity index (χ1n) is 5.93. The van der Waals surface area contributed by atoms with Crippen LogP contribution in [0, 0.1) is 0 Å². The first-order valence-corrected chi connectivity index (χ1v) is 5.93. The molecule has 1 aromatic heterocycles. The van der Waals surface area contributed by atoms with E-state index in [2.05, 4.69) is 20.0 Å². The van der Waals surface area contributed by atoms with Crippen molar-refractivity contribution in [3.8, 4) is 0 Å². The van der Waals surface area contributed by atoms with Gasteiger partial charge in [-0.1, -0.05) is 23.4 Å². The number of methoxy groups -OCH3 is 1. The molecule has 100 valence electrons. The van der Waals surface area contributed by atoms with Crippen LogP contribution in [-0.4, -0.2) is 29.8 Å². The van der Waals surface area contributed by atoms with Crippen molar-refractivity contribution in [2.75, 3.05) is 13.7 Å². The highest BCUT2D eigenvalue weighted by atomic mass is 16.5. The Labute approximate surface area is 110 Å². The van der Waals surface area contributed by atoms with Crippen molar-refractivity contribution >= 4 is 5.97 Å². The van der Waals surface area contributed by atoms with Crippen molar-refractivity contribution in [3.63, 3.8) is 0 Å². The molecule has 1 aromatic carbocycles. The molecule has 0 bridgehead atoms. The second-order valence-electron chi connectivity index (χ2n) is 3.92. The van der Waals surface area contributed by atoms with Crippen molar-refractivity contribution < 1.29 is 14.1 Å². The number of aromatic nitrogens is 2. The summed E-state index contributed by atoms with van der Waals surface area (Å²) in [5, 5.41) is 6.95. The molecule has 0 fully saturated rings. The standard InChI is InChI=1S/C13H15N3O3/c1-18-13(17)11-5-3-2-4-10(11)8-14-7-6-12-15-9-19-16-12/h2-5,9,14H,6-8H2,1H3. The first-order chi connectivity index (χ1) is 9.31. The molecule has 0 saturated carbocycles. The molecule has 19 heavy (non-hydrogen) atoms. The quantitative estimate of drug-likeness (QED) is 0.621. The Balaban J connectivity index is 1.87. The van der Waals surface area contributed by atoms with Gasteiger partial charge in [-0.2, -0.15) is 4.98 Å². The van der Waals surface area contributed by atoms with Crippen LogP contribution in [0.1, 0.15) is 21.7 Å². The summed E-state index contributed by atoms with van der Waals surface area (Å²) in [4.78, 5) is 15.5. The molecular weight excluding hydrogens is 246 g/mol. The predicted octanol–water partition coefficient (Wildman–Crippen LogP) is 1.19. The molecule has 1 heterocycles. The number of carbonyl (C=O) groups excluding carboxylic acids is 1. The third-order valence-electron chi connectivity index (χ3n) is 2.67. The van der Waals surface area contributed by atoms with Crippen LogP contribution in [0.5, 0.6) is 0 Å².